The van der Waals surface area contributed by atoms with Crippen molar-refractivity contribution in [2.75, 3.05) is 16.8 Å². The second kappa shape index (κ2) is 6.02. The summed E-state index contributed by atoms with van der Waals surface area (Å²) in [7, 11) is 0. The van der Waals surface area contributed by atoms with Crippen LogP contribution in [0.1, 0.15) is 31.7 Å². The number of carbonyl (C=O) groups is 2. The SMILES string of the molecule is CC(=O)N1CCc2cc(-c3csc(NC(=O)C4CCC4)n3)ccc21. The Bertz CT molecular complexity index is 810. The summed E-state index contributed by atoms with van der Waals surface area (Å²) in [4.78, 5) is 30.0. The van der Waals surface area contributed by atoms with Gasteiger partial charge in [-0.25, -0.2) is 4.98 Å². The molecule has 1 aromatic heterocycles. The number of hydrogen-bond donors (Lipinski definition) is 1. The van der Waals surface area contributed by atoms with Crippen LogP contribution < -0.4 is 10.2 Å². The largest absolute Gasteiger partial charge is 0.312 e. The van der Waals surface area contributed by atoms with Crippen molar-refractivity contribution in [3.05, 3.63) is 29.1 Å². The van der Waals surface area contributed by atoms with E-state index in [-0.39, 0.29) is 17.7 Å². The monoisotopic (exact) mass is 341 g/mol. The molecule has 1 aliphatic carbocycles. The maximum Gasteiger partial charge on any atom is 0.229 e. The van der Waals surface area contributed by atoms with Gasteiger partial charge in [0, 0.05) is 36.0 Å². The molecule has 0 spiro atoms. The molecule has 0 saturated heterocycles. The molecule has 2 heterocycles. The average molecular weight is 341 g/mol. The highest BCUT2D eigenvalue weighted by Crippen LogP contribution is 2.34. The van der Waals surface area contributed by atoms with Crippen LogP contribution in [0, 0.1) is 5.92 Å². The first-order valence-electron chi connectivity index (χ1n) is 8.29. The molecule has 2 amide bonds. The fourth-order valence-electron chi connectivity index (χ4n) is 3.23. The van der Waals surface area contributed by atoms with Gasteiger partial charge >= 0.3 is 0 Å². The first-order valence-corrected chi connectivity index (χ1v) is 9.17. The molecule has 0 bridgehead atoms. The Morgan fingerprint density at radius 1 is 1.33 bits per heavy atom. The lowest BCUT2D eigenvalue weighted by molar-refractivity contribution is -0.122. The van der Waals surface area contributed by atoms with Gasteiger partial charge in [-0.3, -0.25) is 9.59 Å². The molecule has 2 aromatic rings. The number of hydrogen-bond acceptors (Lipinski definition) is 4. The Kier molecular flexibility index (Phi) is 3.84. The van der Waals surface area contributed by atoms with E-state index in [1.807, 2.05) is 22.4 Å². The Labute approximate surface area is 144 Å². The molecule has 124 valence electrons. The Hall–Kier alpha value is -2.21. The van der Waals surface area contributed by atoms with Crippen LogP contribution in [0.25, 0.3) is 11.3 Å². The number of rotatable bonds is 3. The highest BCUT2D eigenvalue weighted by molar-refractivity contribution is 7.14. The number of fused-ring (bicyclic) bond motifs is 1. The number of benzene rings is 1. The molecule has 1 aliphatic heterocycles. The van der Waals surface area contributed by atoms with E-state index in [4.69, 9.17) is 0 Å². The smallest absolute Gasteiger partial charge is 0.229 e. The third-order valence-corrected chi connectivity index (χ3v) is 5.62. The van der Waals surface area contributed by atoms with Crippen molar-refractivity contribution in [1.82, 2.24) is 4.98 Å². The van der Waals surface area contributed by atoms with Crippen molar-refractivity contribution in [2.45, 2.75) is 32.6 Å². The maximum absolute atomic E-state index is 12.0. The summed E-state index contributed by atoms with van der Waals surface area (Å²) in [6.45, 7) is 2.34. The lowest BCUT2D eigenvalue weighted by Gasteiger charge is -2.23. The van der Waals surface area contributed by atoms with Crippen molar-refractivity contribution < 1.29 is 9.59 Å². The van der Waals surface area contributed by atoms with Gasteiger partial charge in [0.2, 0.25) is 11.8 Å². The summed E-state index contributed by atoms with van der Waals surface area (Å²) < 4.78 is 0. The zero-order chi connectivity index (χ0) is 16.7. The van der Waals surface area contributed by atoms with E-state index < -0.39 is 0 Å². The van der Waals surface area contributed by atoms with E-state index >= 15 is 0 Å². The molecule has 0 unspecified atom stereocenters. The van der Waals surface area contributed by atoms with Gasteiger partial charge in [0.1, 0.15) is 0 Å². The van der Waals surface area contributed by atoms with Gasteiger partial charge in [0.15, 0.2) is 5.13 Å². The number of thiazole rings is 1. The van der Waals surface area contributed by atoms with Gasteiger partial charge in [-0.2, -0.15) is 0 Å². The summed E-state index contributed by atoms with van der Waals surface area (Å²) in [5.74, 6) is 0.333. The van der Waals surface area contributed by atoms with Crippen LogP contribution in [0.3, 0.4) is 0 Å². The zero-order valence-electron chi connectivity index (χ0n) is 13.5. The van der Waals surface area contributed by atoms with E-state index in [0.29, 0.717) is 5.13 Å². The van der Waals surface area contributed by atoms with Crippen molar-refractivity contribution in [1.29, 1.82) is 0 Å². The second-order valence-electron chi connectivity index (χ2n) is 6.42. The molecule has 4 rings (SSSR count). The minimum Gasteiger partial charge on any atom is -0.312 e. The van der Waals surface area contributed by atoms with Gasteiger partial charge in [-0.1, -0.05) is 12.5 Å². The molecule has 1 N–H and O–H groups in total. The molecule has 1 saturated carbocycles. The highest BCUT2D eigenvalue weighted by atomic mass is 32.1. The van der Waals surface area contributed by atoms with Crippen molar-refractivity contribution in [3.8, 4) is 11.3 Å². The predicted molar refractivity (Wildman–Crippen MR) is 95.3 cm³/mol. The molecule has 24 heavy (non-hydrogen) atoms. The first-order chi connectivity index (χ1) is 11.6. The van der Waals surface area contributed by atoms with Crippen molar-refractivity contribution in [3.63, 3.8) is 0 Å². The van der Waals surface area contributed by atoms with Crippen molar-refractivity contribution >= 4 is 34.0 Å². The number of carbonyl (C=O) groups excluding carboxylic acids is 2. The molecule has 1 fully saturated rings. The fourth-order valence-corrected chi connectivity index (χ4v) is 3.95. The minimum absolute atomic E-state index is 0.0798. The lowest BCUT2D eigenvalue weighted by Crippen LogP contribution is -2.27. The first kappa shape index (κ1) is 15.3. The quantitative estimate of drug-likeness (QED) is 0.930. The Morgan fingerprint density at radius 2 is 2.17 bits per heavy atom. The van der Waals surface area contributed by atoms with E-state index in [1.54, 1.807) is 6.92 Å². The molecular weight excluding hydrogens is 322 g/mol. The number of anilines is 2. The molecule has 6 heteroatoms. The summed E-state index contributed by atoms with van der Waals surface area (Å²) >= 11 is 1.46. The van der Waals surface area contributed by atoms with Gasteiger partial charge in [0.05, 0.1) is 5.69 Å². The number of nitrogens with one attached hydrogen (secondary N) is 1. The van der Waals surface area contributed by atoms with Gasteiger partial charge in [-0.15, -0.1) is 11.3 Å². The van der Waals surface area contributed by atoms with Gasteiger partial charge < -0.3 is 10.2 Å². The summed E-state index contributed by atoms with van der Waals surface area (Å²) in [5, 5.41) is 5.55. The maximum atomic E-state index is 12.0. The van der Waals surface area contributed by atoms with Crippen LogP contribution in [0.5, 0.6) is 0 Å². The third-order valence-electron chi connectivity index (χ3n) is 4.86. The molecule has 1 aromatic carbocycles. The third kappa shape index (κ3) is 2.71. The predicted octanol–water partition coefficient (Wildman–Crippen LogP) is 3.46. The highest BCUT2D eigenvalue weighted by Gasteiger charge is 2.26. The van der Waals surface area contributed by atoms with Gasteiger partial charge in [-0.05, 0) is 37.0 Å². The average Bonchev–Trinajstić information content (AvgIpc) is 3.10. The number of amides is 2. The van der Waals surface area contributed by atoms with E-state index in [2.05, 4.69) is 16.4 Å². The van der Waals surface area contributed by atoms with Crippen LogP contribution in [0.4, 0.5) is 10.8 Å². The molecule has 2 aliphatic rings. The Balaban J connectivity index is 1.52. The van der Waals surface area contributed by atoms with Crippen LogP contribution >= 0.6 is 11.3 Å². The summed E-state index contributed by atoms with van der Waals surface area (Å²) in [5.41, 5.74) is 4.07. The summed E-state index contributed by atoms with van der Waals surface area (Å²) in [6, 6.07) is 6.09. The number of aromatic nitrogens is 1. The molecule has 5 nitrogen and oxygen atoms in total. The van der Waals surface area contributed by atoms with E-state index in [1.165, 1.54) is 16.9 Å². The van der Waals surface area contributed by atoms with Crippen LogP contribution in [-0.4, -0.2) is 23.3 Å². The van der Waals surface area contributed by atoms with E-state index in [9.17, 15) is 9.59 Å². The standard InChI is InChI=1S/C18H19N3O2S/c1-11(22)21-8-7-14-9-13(5-6-16(14)21)15-10-24-18(19-15)20-17(23)12-3-2-4-12/h5-6,9-10,12H,2-4,7-8H2,1H3,(H,19,20,23). The second-order valence-corrected chi connectivity index (χ2v) is 7.28. The van der Waals surface area contributed by atoms with Crippen LogP contribution in [-0.2, 0) is 16.0 Å². The normalized spacial score (nSPS) is 16.6. The van der Waals surface area contributed by atoms with E-state index in [0.717, 1.165) is 49.2 Å². The lowest BCUT2D eigenvalue weighted by atomic mass is 9.85. The minimum atomic E-state index is 0.0798. The van der Waals surface area contributed by atoms with Crippen LogP contribution in [0.2, 0.25) is 0 Å². The number of nitrogens with zero attached hydrogens (tertiary/aromatic N) is 2. The Morgan fingerprint density at radius 3 is 2.88 bits per heavy atom. The molecule has 0 atom stereocenters. The van der Waals surface area contributed by atoms with Crippen molar-refractivity contribution in [2.24, 2.45) is 5.92 Å². The molecule has 0 radical (unpaired) electrons. The van der Waals surface area contributed by atoms with Gasteiger partial charge in [0.25, 0.3) is 0 Å². The molecular formula is C18H19N3O2S. The fraction of sp³-hybridized carbons (Fsp3) is 0.389. The van der Waals surface area contributed by atoms with Crippen LogP contribution in [0.15, 0.2) is 23.6 Å². The topological polar surface area (TPSA) is 62.3 Å². The summed E-state index contributed by atoms with van der Waals surface area (Å²) in [6.07, 6.45) is 3.99. The zero-order valence-corrected chi connectivity index (χ0v) is 14.4.